The van der Waals surface area contributed by atoms with Crippen LogP contribution in [0, 0.1) is 0 Å². The molecule has 1 saturated heterocycles. The van der Waals surface area contributed by atoms with Crippen molar-refractivity contribution >= 4 is 17.4 Å². The van der Waals surface area contributed by atoms with E-state index in [9.17, 15) is 9.90 Å². The molecule has 1 unspecified atom stereocenters. The van der Waals surface area contributed by atoms with Crippen molar-refractivity contribution in [3.8, 4) is 0 Å². The van der Waals surface area contributed by atoms with Gasteiger partial charge in [0.05, 0.1) is 25.5 Å². The largest absolute Gasteiger partial charge is 0.411 e. The summed E-state index contributed by atoms with van der Waals surface area (Å²) in [7, 11) is 0. The van der Waals surface area contributed by atoms with E-state index in [2.05, 4.69) is 20.1 Å². The second kappa shape index (κ2) is 4.69. The first-order valence-electron chi connectivity index (χ1n) is 6.06. The molecule has 2 aromatic heterocycles. The van der Waals surface area contributed by atoms with Crippen molar-refractivity contribution in [2.45, 2.75) is 24.7 Å². The highest BCUT2D eigenvalue weighted by Gasteiger charge is 2.40. The van der Waals surface area contributed by atoms with Crippen LogP contribution in [0.3, 0.4) is 0 Å². The zero-order chi connectivity index (χ0) is 14.2. The molecule has 20 heavy (non-hydrogen) atoms. The van der Waals surface area contributed by atoms with Crippen LogP contribution in [0.2, 0.25) is 0 Å². The van der Waals surface area contributed by atoms with Crippen molar-refractivity contribution in [1.29, 1.82) is 0 Å². The molecule has 0 spiro atoms. The van der Waals surface area contributed by atoms with Crippen LogP contribution in [-0.4, -0.2) is 48.3 Å². The van der Waals surface area contributed by atoms with Gasteiger partial charge in [-0.3, -0.25) is 9.36 Å². The van der Waals surface area contributed by atoms with Crippen LogP contribution < -0.4 is 5.56 Å². The first-order valence-corrected chi connectivity index (χ1v) is 6.06. The van der Waals surface area contributed by atoms with Gasteiger partial charge in [0.1, 0.15) is 11.8 Å². The topological polar surface area (TPSA) is 126 Å². The van der Waals surface area contributed by atoms with Crippen LogP contribution in [0.25, 0.3) is 11.2 Å². The Hall–Kier alpha value is -2.26. The third-order valence-electron chi connectivity index (χ3n) is 3.42. The molecule has 3 rings (SSSR count). The Balaban J connectivity index is 1.98. The Bertz CT molecular complexity index is 708. The minimum absolute atomic E-state index is 0.230. The van der Waals surface area contributed by atoms with Gasteiger partial charge in [-0.2, -0.15) is 0 Å². The number of hydrogen-bond acceptors (Lipinski definition) is 7. The lowest BCUT2D eigenvalue weighted by atomic mass is 10.0. The number of hydrogen-bond donors (Lipinski definition) is 3. The van der Waals surface area contributed by atoms with Gasteiger partial charge in [0.25, 0.3) is 5.56 Å². The van der Waals surface area contributed by atoms with Crippen LogP contribution in [0.4, 0.5) is 0 Å². The van der Waals surface area contributed by atoms with Crippen LogP contribution in [0.5, 0.6) is 0 Å². The predicted octanol–water partition coefficient (Wildman–Crippen LogP) is -0.380. The molecule has 9 nitrogen and oxygen atoms in total. The lowest BCUT2D eigenvalue weighted by Crippen LogP contribution is -2.35. The van der Waals surface area contributed by atoms with Gasteiger partial charge in [-0.05, 0) is 12.8 Å². The van der Waals surface area contributed by atoms with Crippen molar-refractivity contribution in [3.05, 3.63) is 23.0 Å². The van der Waals surface area contributed by atoms with Crippen LogP contribution in [0.1, 0.15) is 19.1 Å². The molecule has 0 radical (unpaired) electrons. The number of oxime groups is 1. The maximum atomic E-state index is 11.6. The van der Waals surface area contributed by atoms with Gasteiger partial charge >= 0.3 is 0 Å². The number of aromatic nitrogens is 4. The molecular weight excluding hydrogens is 266 g/mol. The number of H-pyrrole nitrogens is 1. The minimum atomic E-state index is -1.02. The highest BCUT2D eigenvalue weighted by atomic mass is 16.5. The van der Waals surface area contributed by atoms with Crippen molar-refractivity contribution in [2.75, 3.05) is 6.61 Å². The van der Waals surface area contributed by atoms with Crippen molar-refractivity contribution < 1.29 is 15.1 Å². The fraction of sp³-hybridized carbons (Fsp3) is 0.455. The molecule has 9 heteroatoms. The molecule has 2 atom stereocenters. The van der Waals surface area contributed by atoms with E-state index in [0.29, 0.717) is 18.5 Å². The average Bonchev–Trinajstić information content (AvgIpc) is 3.04. The summed E-state index contributed by atoms with van der Waals surface area (Å²) in [6.07, 6.45) is 4.58. The van der Waals surface area contributed by atoms with Crippen LogP contribution in [-0.2, 0) is 4.74 Å². The number of imidazole rings is 1. The Kier molecular flexibility index (Phi) is 2.99. The van der Waals surface area contributed by atoms with E-state index in [0.717, 1.165) is 0 Å². The number of rotatable bonds is 3. The van der Waals surface area contributed by atoms with E-state index < -0.39 is 11.8 Å². The molecule has 3 heterocycles. The van der Waals surface area contributed by atoms with Crippen molar-refractivity contribution in [2.24, 2.45) is 5.16 Å². The second-order valence-corrected chi connectivity index (χ2v) is 4.63. The van der Waals surface area contributed by atoms with Gasteiger partial charge < -0.3 is 20.0 Å². The van der Waals surface area contributed by atoms with Gasteiger partial charge in [-0.1, -0.05) is 5.16 Å². The normalized spacial score (nSPS) is 26.8. The number of fused-ring (bicyclic) bond motifs is 1. The Morgan fingerprint density at radius 1 is 1.65 bits per heavy atom. The number of aromatic amines is 1. The fourth-order valence-corrected chi connectivity index (χ4v) is 2.38. The van der Waals surface area contributed by atoms with E-state index in [4.69, 9.17) is 9.94 Å². The SMILES string of the molecule is O=c1[nH]cnc2c1ncn2[C@H]1CCC(C=NO)(CO)O1. The molecule has 0 aromatic carbocycles. The molecule has 0 bridgehead atoms. The first kappa shape index (κ1) is 12.8. The maximum absolute atomic E-state index is 11.6. The third-order valence-corrected chi connectivity index (χ3v) is 3.42. The molecule has 0 amide bonds. The smallest absolute Gasteiger partial charge is 0.278 e. The highest BCUT2D eigenvalue weighted by molar-refractivity contribution is 5.70. The number of nitrogens with one attached hydrogen (secondary N) is 1. The van der Waals surface area contributed by atoms with E-state index in [1.54, 1.807) is 4.57 Å². The first-order chi connectivity index (χ1) is 9.69. The zero-order valence-corrected chi connectivity index (χ0v) is 10.4. The number of nitrogens with zero attached hydrogens (tertiary/aromatic N) is 4. The lowest BCUT2D eigenvalue weighted by molar-refractivity contribution is -0.0539. The molecule has 2 aromatic rings. The average molecular weight is 279 g/mol. The molecule has 0 aliphatic carbocycles. The highest BCUT2D eigenvalue weighted by Crippen LogP contribution is 2.36. The van der Waals surface area contributed by atoms with Gasteiger partial charge in [0, 0.05) is 0 Å². The van der Waals surface area contributed by atoms with Gasteiger partial charge in [-0.15, -0.1) is 0 Å². The van der Waals surface area contributed by atoms with Gasteiger partial charge in [0.2, 0.25) is 0 Å². The summed E-state index contributed by atoms with van der Waals surface area (Å²) in [4.78, 5) is 22.1. The monoisotopic (exact) mass is 279 g/mol. The summed E-state index contributed by atoms with van der Waals surface area (Å²) in [5.41, 5.74) is -0.698. The molecule has 3 N–H and O–H groups in total. The maximum Gasteiger partial charge on any atom is 0.278 e. The summed E-state index contributed by atoms with van der Waals surface area (Å²) >= 11 is 0. The Morgan fingerprint density at radius 2 is 2.50 bits per heavy atom. The Labute approximate surface area is 112 Å². The quantitative estimate of drug-likeness (QED) is 0.399. The van der Waals surface area contributed by atoms with Gasteiger partial charge in [0.15, 0.2) is 11.2 Å². The molecule has 1 fully saturated rings. The summed E-state index contributed by atoms with van der Waals surface area (Å²) < 4.78 is 7.37. The zero-order valence-electron chi connectivity index (χ0n) is 10.4. The number of aliphatic hydroxyl groups is 1. The summed E-state index contributed by atoms with van der Waals surface area (Å²) in [6, 6.07) is 0. The summed E-state index contributed by atoms with van der Waals surface area (Å²) in [5, 5.41) is 21.0. The minimum Gasteiger partial charge on any atom is -0.411 e. The van der Waals surface area contributed by atoms with Crippen molar-refractivity contribution in [1.82, 2.24) is 19.5 Å². The molecule has 1 aliphatic heterocycles. The van der Waals surface area contributed by atoms with Crippen LogP contribution in [0.15, 0.2) is 22.6 Å². The summed E-state index contributed by atoms with van der Waals surface area (Å²) in [5.74, 6) is 0. The molecule has 1 aliphatic rings. The number of aliphatic hydroxyl groups excluding tert-OH is 1. The van der Waals surface area contributed by atoms with E-state index in [1.165, 1.54) is 18.9 Å². The lowest BCUT2D eigenvalue weighted by Gasteiger charge is -2.22. The molecule has 0 saturated carbocycles. The van der Waals surface area contributed by atoms with E-state index in [1.807, 2.05) is 0 Å². The second-order valence-electron chi connectivity index (χ2n) is 4.63. The van der Waals surface area contributed by atoms with E-state index >= 15 is 0 Å². The molecular formula is C11H13N5O4. The Morgan fingerprint density at radius 3 is 3.25 bits per heavy atom. The number of ether oxygens (including phenoxy) is 1. The van der Waals surface area contributed by atoms with Gasteiger partial charge in [-0.25, -0.2) is 9.97 Å². The summed E-state index contributed by atoms with van der Waals surface area (Å²) in [6.45, 7) is -0.297. The van der Waals surface area contributed by atoms with E-state index in [-0.39, 0.29) is 17.7 Å². The van der Waals surface area contributed by atoms with Crippen molar-refractivity contribution in [3.63, 3.8) is 0 Å². The third kappa shape index (κ3) is 1.87. The van der Waals surface area contributed by atoms with Crippen LogP contribution >= 0.6 is 0 Å². The molecule has 106 valence electrons. The standard InChI is InChI=1S/C11H13N5O4/c17-4-11(3-15-19)2-1-7(20-11)16-6-14-8-9(16)12-5-13-10(8)18/h3,5-7,17,19H,1-2,4H2,(H,12,13,18)/t7-,11?/m1/s1. The predicted molar refractivity (Wildman–Crippen MR) is 67.6 cm³/mol. The fourth-order valence-electron chi connectivity index (χ4n) is 2.38.